The lowest BCUT2D eigenvalue weighted by Gasteiger charge is -2.14. The maximum Gasteiger partial charge on any atom is 0.0925 e. The van der Waals surface area contributed by atoms with Crippen LogP contribution in [0.15, 0.2) is 30.6 Å². The molecule has 0 saturated heterocycles. The van der Waals surface area contributed by atoms with Gasteiger partial charge < -0.3 is 15.2 Å². The molecule has 1 aromatic heterocycles. The van der Waals surface area contributed by atoms with Crippen molar-refractivity contribution in [2.75, 3.05) is 14.1 Å². The van der Waals surface area contributed by atoms with Crippen molar-refractivity contribution in [1.29, 1.82) is 0 Å². The van der Waals surface area contributed by atoms with Crippen molar-refractivity contribution in [3.05, 3.63) is 53.1 Å². The number of rotatable bonds is 6. The van der Waals surface area contributed by atoms with Gasteiger partial charge in [-0.2, -0.15) is 0 Å². The molecule has 0 aliphatic rings. The molecule has 2 aromatic rings. The number of aryl methyl sites for hydroxylation is 1. The van der Waals surface area contributed by atoms with Gasteiger partial charge in [0.05, 0.1) is 12.0 Å². The van der Waals surface area contributed by atoms with Crippen molar-refractivity contribution >= 4 is 0 Å². The standard InChI is InChI=1S/C15H22N4/c1-12-15(18-11-17-12)9-16-8-13-6-4-5-7-14(13)10-19(2)3/h4-7,11,16H,8-10H2,1-3H3,(H,17,18). The van der Waals surface area contributed by atoms with Crippen LogP contribution in [-0.4, -0.2) is 29.0 Å². The van der Waals surface area contributed by atoms with Gasteiger partial charge in [0, 0.05) is 25.3 Å². The van der Waals surface area contributed by atoms with E-state index in [9.17, 15) is 0 Å². The van der Waals surface area contributed by atoms with Crippen LogP contribution in [-0.2, 0) is 19.6 Å². The Kier molecular flexibility index (Phi) is 4.71. The number of hydrogen-bond donors (Lipinski definition) is 2. The number of nitrogens with one attached hydrogen (secondary N) is 2. The fourth-order valence-corrected chi connectivity index (χ4v) is 2.11. The van der Waals surface area contributed by atoms with Gasteiger partial charge in [-0.3, -0.25) is 0 Å². The molecule has 0 unspecified atom stereocenters. The van der Waals surface area contributed by atoms with Gasteiger partial charge in [-0.25, -0.2) is 4.98 Å². The monoisotopic (exact) mass is 258 g/mol. The summed E-state index contributed by atoms with van der Waals surface area (Å²) < 4.78 is 0. The lowest BCUT2D eigenvalue weighted by molar-refractivity contribution is 0.400. The first-order chi connectivity index (χ1) is 9.16. The predicted octanol–water partition coefficient (Wildman–Crippen LogP) is 2.07. The molecule has 1 aromatic carbocycles. The summed E-state index contributed by atoms with van der Waals surface area (Å²) >= 11 is 0. The molecule has 0 aliphatic heterocycles. The van der Waals surface area contributed by atoms with Crippen molar-refractivity contribution in [3.8, 4) is 0 Å². The average molecular weight is 258 g/mol. The van der Waals surface area contributed by atoms with E-state index in [0.717, 1.165) is 31.0 Å². The van der Waals surface area contributed by atoms with Crippen molar-refractivity contribution < 1.29 is 0 Å². The van der Waals surface area contributed by atoms with Gasteiger partial charge in [-0.1, -0.05) is 24.3 Å². The smallest absolute Gasteiger partial charge is 0.0925 e. The van der Waals surface area contributed by atoms with E-state index < -0.39 is 0 Å². The quantitative estimate of drug-likeness (QED) is 0.833. The Labute approximate surface area is 114 Å². The van der Waals surface area contributed by atoms with Gasteiger partial charge >= 0.3 is 0 Å². The zero-order chi connectivity index (χ0) is 13.7. The summed E-state index contributed by atoms with van der Waals surface area (Å²) in [4.78, 5) is 9.58. The maximum atomic E-state index is 4.29. The molecular weight excluding hydrogens is 236 g/mol. The van der Waals surface area contributed by atoms with E-state index in [2.05, 4.69) is 58.5 Å². The lowest BCUT2D eigenvalue weighted by atomic mass is 10.1. The third-order valence-corrected chi connectivity index (χ3v) is 3.15. The predicted molar refractivity (Wildman–Crippen MR) is 77.7 cm³/mol. The molecule has 1 heterocycles. The molecular formula is C15H22N4. The Morgan fingerprint density at radius 3 is 2.53 bits per heavy atom. The summed E-state index contributed by atoms with van der Waals surface area (Å²) in [6.45, 7) is 4.69. The molecule has 102 valence electrons. The van der Waals surface area contributed by atoms with Crippen LogP contribution in [0.5, 0.6) is 0 Å². The molecule has 2 N–H and O–H groups in total. The summed E-state index contributed by atoms with van der Waals surface area (Å²) in [5.41, 5.74) is 4.95. The normalized spacial score (nSPS) is 11.2. The molecule has 0 atom stereocenters. The molecule has 0 radical (unpaired) electrons. The molecule has 0 saturated carbocycles. The number of hydrogen-bond acceptors (Lipinski definition) is 3. The van der Waals surface area contributed by atoms with E-state index in [1.54, 1.807) is 6.33 Å². The van der Waals surface area contributed by atoms with Crippen LogP contribution in [0.1, 0.15) is 22.5 Å². The Balaban J connectivity index is 1.94. The topological polar surface area (TPSA) is 44.0 Å². The van der Waals surface area contributed by atoms with Gasteiger partial charge in [0.25, 0.3) is 0 Å². The van der Waals surface area contributed by atoms with E-state index in [1.165, 1.54) is 11.1 Å². The number of aromatic nitrogens is 2. The molecule has 2 rings (SSSR count). The summed E-state index contributed by atoms with van der Waals surface area (Å²) in [5.74, 6) is 0. The fourth-order valence-electron chi connectivity index (χ4n) is 2.11. The highest BCUT2D eigenvalue weighted by Crippen LogP contribution is 2.10. The minimum absolute atomic E-state index is 0.797. The zero-order valence-electron chi connectivity index (χ0n) is 11.9. The van der Waals surface area contributed by atoms with Crippen molar-refractivity contribution in [1.82, 2.24) is 20.2 Å². The van der Waals surface area contributed by atoms with E-state index in [1.807, 2.05) is 6.92 Å². The molecule has 4 heteroatoms. The van der Waals surface area contributed by atoms with Gasteiger partial charge in [0.2, 0.25) is 0 Å². The van der Waals surface area contributed by atoms with Crippen LogP contribution in [0.4, 0.5) is 0 Å². The van der Waals surface area contributed by atoms with E-state index in [0.29, 0.717) is 0 Å². The molecule has 0 bridgehead atoms. The molecule has 0 fully saturated rings. The van der Waals surface area contributed by atoms with Crippen LogP contribution in [0.2, 0.25) is 0 Å². The van der Waals surface area contributed by atoms with Crippen LogP contribution in [0.3, 0.4) is 0 Å². The summed E-state index contributed by atoms with van der Waals surface area (Å²) in [6, 6.07) is 8.57. The molecule has 19 heavy (non-hydrogen) atoms. The van der Waals surface area contributed by atoms with Gasteiger partial charge in [0.1, 0.15) is 0 Å². The molecule has 4 nitrogen and oxygen atoms in total. The van der Waals surface area contributed by atoms with Gasteiger partial charge in [-0.05, 0) is 32.1 Å². The minimum atomic E-state index is 0.797. The van der Waals surface area contributed by atoms with Gasteiger partial charge in [0.15, 0.2) is 0 Å². The highest BCUT2D eigenvalue weighted by molar-refractivity contribution is 5.27. The second-order valence-corrected chi connectivity index (χ2v) is 5.08. The highest BCUT2D eigenvalue weighted by atomic mass is 15.0. The van der Waals surface area contributed by atoms with Crippen molar-refractivity contribution in [2.45, 2.75) is 26.6 Å². The minimum Gasteiger partial charge on any atom is -0.348 e. The number of nitrogens with zero attached hydrogens (tertiary/aromatic N) is 2. The van der Waals surface area contributed by atoms with E-state index in [4.69, 9.17) is 0 Å². The molecule has 0 amide bonds. The van der Waals surface area contributed by atoms with Crippen LogP contribution in [0, 0.1) is 6.92 Å². The zero-order valence-corrected chi connectivity index (χ0v) is 11.9. The Morgan fingerprint density at radius 1 is 1.16 bits per heavy atom. The van der Waals surface area contributed by atoms with E-state index in [-0.39, 0.29) is 0 Å². The Hall–Kier alpha value is -1.65. The van der Waals surface area contributed by atoms with Crippen molar-refractivity contribution in [3.63, 3.8) is 0 Å². The molecule has 0 aliphatic carbocycles. The van der Waals surface area contributed by atoms with Crippen molar-refractivity contribution in [2.24, 2.45) is 0 Å². The lowest BCUT2D eigenvalue weighted by Crippen LogP contribution is -2.17. The third kappa shape index (κ3) is 3.91. The number of H-pyrrole nitrogens is 1. The third-order valence-electron chi connectivity index (χ3n) is 3.15. The number of aromatic amines is 1. The van der Waals surface area contributed by atoms with Crippen LogP contribution < -0.4 is 5.32 Å². The maximum absolute atomic E-state index is 4.29. The van der Waals surface area contributed by atoms with Crippen LogP contribution >= 0.6 is 0 Å². The second kappa shape index (κ2) is 6.50. The Bertz CT molecular complexity index is 516. The average Bonchev–Trinajstić information content (AvgIpc) is 2.77. The highest BCUT2D eigenvalue weighted by Gasteiger charge is 2.04. The Morgan fingerprint density at radius 2 is 1.89 bits per heavy atom. The molecule has 0 spiro atoms. The SMILES string of the molecule is Cc1[nH]cnc1CNCc1ccccc1CN(C)C. The number of benzene rings is 1. The first-order valence-electron chi connectivity index (χ1n) is 6.58. The number of imidazole rings is 1. The largest absolute Gasteiger partial charge is 0.348 e. The van der Waals surface area contributed by atoms with E-state index >= 15 is 0 Å². The van der Waals surface area contributed by atoms with Crippen LogP contribution in [0.25, 0.3) is 0 Å². The second-order valence-electron chi connectivity index (χ2n) is 5.08. The summed E-state index contributed by atoms with van der Waals surface area (Å²) in [6.07, 6.45) is 1.74. The van der Waals surface area contributed by atoms with Gasteiger partial charge in [-0.15, -0.1) is 0 Å². The summed E-state index contributed by atoms with van der Waals surface area (Å²) in [5, 5.41) is 3.46. The first-order valence-corrected chi connectivity index (χ1v) is 6.58. The summed E-state index contributed by atoms with van der Waals surface area (Å²) in [7, 11) is 4.19. The fraction of sp³-hybridized carbons (Fsp3) is 0.400. The first kappa shape index (κ1) is 13.8.